The minimum absolute atomic E-state index is 0.250. The molecule has 12 heavy (non-hydrogen) atoms. The Labute approximate surface area is 75.1 Å². The van der Waals surface area contributed by atoms with E-state index in [4.69, 9.17) is 4.74 Å². The summed E-state index contributed by atoms with van der Waals surface area (Å²) in [6, 6.07) is 0. The predicted octanol–water partition coefficient (Wildman–Crippen LogP) is 0.629. The van der Waals surface area contributed by atoms with Crippen LogP contribution in [-0.2, 0) is 4.74 Å². The molecule has 0 fully saturated rings. The average molecular weight is 175 g/mol. The van der Waals surface area contributed by atoms with Crippen LogP contribution in [0.5, 0.6) is 0 Å². The SMILES string of the molecule is CCNCC(O)C(C)CCOC. The van der Waals surface area contributed by atoms with Gasteiger partial charge in [0, 0.05) is 20.3 Å². The standard InChI is InChI=1S/C9H21NO2/c1-4-10-7-9(11)8(2)5-6-12-3/h8-11H,4-7H2,1-3H3. The van der Waals surface area contributed by atoms with Crippen molar-refractivity contribution in [3.05, 3.63) is 0 Å². The fourth-order valence-corrected chi connectivity index (χ4v) is 0.990. The lowest BCUT2D eigenvalue weighted by Crippen LogP contribution is -2.32. The number of hydrogen-bond donors (Lipinski definition) is 2. The van der Waals surface area contributed by atoms with E-state index in [9.17, 15) is 5.11 Å². The van der Waals surface area contributed by atoms with E-state index in [1.807, 2.05) is 13.8 Å². The van der Waals surface area contributed by atoms with Gasteiger partial charge in [0.25, 0.3) is 0 Å². The lowest BCUT2D eigenvalue weighted by Gasteiger charge is -2.18. The van der Waals surface area contributed by atoms with Gasteiger partial charge in [0.05, 0.1) is 6.10 Å². The molecule has 0 bridgehead atoms. The first-order chi connectivity index (χ1) is 5.72. The highest BCUT2D eigenvalue weighted by Gasteiger charge is 2.12. The molecule has 0 saturated carbocycles. The van der Waals surface area contributed by atoms with Gasteiger partial charge in [-0.1, -0.05) is 13.8 Å². The van der Waals surface area contributed by atoms with Crippen LogP contribution in [0.3, 0.4) is 0 Å². The van der Waals surface area contributed by atoms with E-state index in [1.165, 1.54) is 0 Å². The third-order valence-corrected chi connectivity index (χ3v) is 2.04. The van der Waals surface area contributed by atoms with Crippen molar-refractivity contribution in [3.63, 3.8) is 0 Å². The van der Waals surface area contributed by atoms with Gasteiger partial charge in [-0.3, -0.25) is 0 Å². The molecule has 0 aromatic heterocycles. The maximum Gasteiger partial charge on any atom is 0.0690 e. The molecule has 2 N–H and O–H groups in total. The zero-order valence-corrected chi connectivity index (χ0v) is 8.34. The molecule has 0 rings (SSSR count). The van der Waals surface area contributed by atoms with Crippen LogP contribution < -0.4 is 5.32 Å². The van der Waals surface area contributed by atoms with Crippen LogP contribution in [0.4, 0.5) is 0 Å². The molecule has 74 valence electrons. The van der Waals surface area contributed by atoms with Crippen molar-refractivity contribution in [2.45, 2.75) is 26.4 Å². The van der Waals surface area contributed by atoms with Crippen LogP contribution in [0.1, 0.15) is 20.3 Å². The highest BCUT2D eigenvalue weighted by Crippen LogP contribution is 2.06. The average Bonchev–Trinajstić information content (AvgIpc) is 2.10. The molecule has 0 aliphatic heterocycles. The Morgan fingerprint density at radius 2 is 2.17 bits per heavy atom. The summed E-state index contributed by atoms with van der Waals surface area (Å²) in [4.78, 5) is 0. The first kappa shape index (κ1) is 11.9. The largest absolute Gasteiger partial charge is 0.392 e. The molecule has 0 aliphatic carbocycles. The van der Waals surface area contributed by atoms with E-state index in [1.54, 1.807) is 7.11 Å². The number of rotatable bonds is 7. The smallest absolute Gasteiger partial charge is 0.0690 e. The summed E-state index contributed by atoms with van der Waals surface area (Å²) in [5.74, 6) is 0.309. The van der Waals surface area contributed by atoms with Crippen molar-refractivity contribution < 1.29 is 9.84 Å². The third kappa shape index (κ3) is 5.52. The van der Waals surface area contributed by atoms with Crippen LogP contribution in [0.15, 0.2) is 0 Å². The van der Waals surface area contributed by atoms with E-state index in [0.29, 0.717) is 12.5 Å². The number of nitrogens with one attached hydrogen (secondary N) is 1. The Bertz CT molecular complexity index is 86.5. The third-order valence-electron chi connectivity index (χ3n) is 2.04. The van der Waals surface area contributed by atoms with Gasteiger partial charge < -0.3 is 15.2 Å². The van der Waals surface area contributed by atoms with Crippen LogP contribution in [0, 0.1) is 5.92 Å². The molecule has 0 aromatic rings. The number of aliphatic hydroxyl groups excluding tert-OH is 1. The number of methoxy groups -OCH3 is 1. The lowest BCUT2D eigenvalue weighted by molar-refractivity contribution is 0.0883. The second-order valence-electron chi connectivity index (χ2n) is 3.13. The summed E-state index contributed by atoms with van der Waals surface area (Å²) in [5, 5.41) is 12.7. The molecule has 0 aliphatic rings. The summed E-state index contributed by atoms with van der Waals surface area (Å²) in [7, 11) is 1.68. The Kier molecular flexibility index (Phi) is 7.45. The van der Waals surface area contributed by atoms with Gasteiger partial charge in [-0.15, -0.1) is 0 Å². The van der Waals surface area contributed by atoms with Crippen LogP contribution >= 0.6 is 0 Å². The Morgan fingerprint density at radius 1 is 1.50 bits per heavy atom. The molecule has 0 heterocycles. The summed E-state index contributed by atoms with van der Waals surface area (Å²) >= 11 is 0. The van der Waals surface area contributed by atoms with Crippen molar-refractivity contribution >= 4 is 0 Å². The fourth-order valence-electron chi connectivity index (χ4n) is 0.990. The van der Waals surface area contributed by atoms with Crippen LogP contribution in [-0.4, -0.2) is 38.0 Å². The molecule has 0 radical (unpaired) electrons. The Morgan fingerprint density at radius 3 is 2.67 bits per heavy atom. The maximum atomic E-state index is 9.56. The molecule has 0 amide bonds. The van der Waals surface area contributed by atoms with Gasteiger partial charge in [-0.05, 0) is 18.9 Å². The minimum atomic E-state index is -0.250. The Balaban J connectivity index is 3.39. The monoisotopic (exact) mass is 175 g/mol. The number of likely N-dealkylation sites (N-methyl/N-ethyl adjacent to an activating group) is 1. The molecular weight excluding hydrogens is 154 g/mol. The van der Waals surface area contributed by atoms with E-state index in [-0.39, 0.29) is 6.10 Å². The van der Waals surface area contributed by atoms with Gasteiger partial charge in [-0.25, -0.2) is 0 Å². The summed E-state index contributed by atoms with van der Waals surface area (Å²) in [6.07, 6.45) is 0.670. The Hall–Kier alpha value is -0.120. The maximum absolute atomic E-state index is 9.56. The zero-order valence-electron chi connectivity index (χ0n) is 8.34. The molecule has 0 aromatic carbocycles. The number of ether oxygens (including phenoxy) is 1. The van der Waals surface area contributed by atoms with Gasteiger partial charge in [0.1, 0.15) is 0 Å². The van der Waals surface area contributed by atoms with Gasteiger partial charge in [0.15, 0.2) is 0 Å². The van der Waals surface area contributed by atoms with Crippen molar-refractivity contribution in [2.24, 2.45) is 5.92 Å². The first-order valence-electron chi connectivity index (χ1n) is 4.60. The number of aliphatic hydroxyl groups is 1. The molecule has 0 saturated heterocycles. The summed E-state index contributed by atoms with van der Waals surface area (Å²) in [5.41, 5.74) is 0. The summed E-state index contributed by atoms with van der Waals surface area (Å²) in [6.45, 7) is 6.40. The van der Waals surface area contributed by atoms with E-state index in [0.717, 1.165) is 19.6 Å². The van der Waals surface area contributed by atoms with E-state index >= 15 is 0 Å². The van der Waals surface area contributed by atoms with Crippen molar-refractivity contribution in [1.82, 2.24) is 5.32 Å². The van der Waals surface area contributed by atoms with Crippen LogP contribution in [0.2, 0.25) is 0 Å². The minimum Gasteiger partial charge on any atom is -0.392 e. The molecule has 2 unspecified atom stereocenters. The van der Waals surface area contributed by atoms with Crippen molar-refractivity contribution in [2.75, 3.05) is 26.8 Å². The zero-order chi connectivity index (χ0) is 9.40. The highest BCUT2D eigenvalue weighted by atomic mass is 16.5. The number of hydrogen-bond acceptors (Lipinski definition) is 3. The fraction of sp³-hybridized carbons (Fsp3) is 1.00. The quantitative estimate of drug-likeness (QED) is 0.596. The van der Waals surface area contributed by atoms with Gasteiger partial charge in [0.2, 0.25) is 0 Å². The highest BCUT2D eigenvalue weighted by molar-refractivity contribution is 4.66. The van der Waals surface area contributed by atoms with E-state index in [2.05, 4.69) is 5.32 Å². The van der Waals surface area contributed by atoms with Crippen molar-refractivity contribution in [1.29, 1.82) is 0 Å². The molecule has 3 heteroatoms. The second kappa shape index (κ2) is 7.53. The molecular formula is C9H21NO2. The van der Waals surface area contributed by atoms with Gasteiger partial charge in [-0.2, -0.15) is 0 Å². The first-order valence-corrected chi connectivity index (χ1v) is 4.60. The van der Waals surface area contributed by atoms with Gasteiger partial charge >= 0.3 is 0 Å². The summed E-state index contributed by atoms with van der Waals surface area (Å²) < 4.78 is 4.94. The van der Waals surface area contributed by atoms with Crippen molar-refractivity contribution in [3.8, 4) is 0 Å². The second-order valence-corrected chi connectivity index (χ2v) is 3.13. The normalized spacial score (nSPS) is 16.0. The topological polar surface area (TPSA) is 41.5 Å². The lowest BCUT2D eigenvalue weighted by atomic mass is 10.0. The molecule has 2 atom stereocenters. The molecule has 0 spiro atoms. The predicted molar refractivity (Wildman–Crippen MR) is 50.2 cm³/mol. The van der Waals surface area contributed by atoms with Crippen LogP contribution in [0.25, 0.3) is 0 Å². The molecule has 3 nitrogen and oxygen atoms in total. The van der Waals surface area contributed by atoms with E-state index < -0.39 is 0 Å².